The largest absolute Gasteiger partial charge is 0.489 e. The molecule has 0 radical (unpaired) electrons. The van der Waals surface area contributed by atoms with Crippen LogP contribution in [0.4, 0.5) is 5.69 Å². The third-order valence-electron chi connectivity index (χ3n) is 4.46. The number of aliphatic hydroxyl groups is 2. The summed E-state index contributed by atoms with van der Waals surface area (Å²) in [5, 5.41) is 22.8. The van der Waals surface area contributed by atoms with Gasteiger partial charge in [-0.3, -0.25) is 0 Å². The fraction of sp³-hybridized carbons (Fsp3) is 0.182. The summed E-state index contributed by atoms with van der Waals surface area (Å²) in [4.78, 5) is 0.213. The van der Waals surface area contributed by atoms with E-state index in [2.05, 4.69) is 5.32 Å². The standard InChI is InChI=1S/C22H23NO5S/c24-14-21(25)22(23-18-8-12-20(13-9-18)29(26)27)17-6-10-19(11-7-17)28-15-16-4-2-1-3-5-16/h1-13,21-25,29H,14-15H2/t21-,22?/m1/s1. The number of aliphatic hydroxyl groups excluding tert-OH is 2. The van der Waals surface area contributed by atoms with Crippen LogP contribution < -0.4 is 10.1 Å². The highest BCUT2D eigenvalue weighted by Crippen LogP contribution is 2.25. The summed E-state index contributed by atoms with van der Waals surface area (Å²) in [7, 11) is -2.64. The predicted octanol–water partition coefficient (Wildman–Crippen LogP) is 2.74. The van der Waals surface area contributed by atoms with E-state index in [1.54, 1.807) is 12.1 Å². The summed E-state index contributed by atoms with van der Waals surface area (Å²) < 4.78 is 27.8. The van der Waals surface area contributed by atoms with Crippen molar-refractivity contribution in [2.75, 3.05) is 11.9 Å². The van der Waals surface area contributed by atoms with Crippen molar-refractivity contribution in [2.24, 2.45) is 0 Å². The van der Waals surface area contributed by atoms with E-state index < -0.39 is 29.5 Å². The zero-order valence-electron chi connectivity index (χ0n) is 15.6. The van der Waals surface area contributed by atoms with Gasteiger partial charge >= 0.3 is 0 Å². The number of nitrogens with one attached hydrogen (secondary N) is 1. The molecule has 0 bridgehead atoms. The van der Waals surface area contributed by atoms with Crippen LogP contribution in [0.1, 0.15) is 17.2 Å². The molecule has 1 unspecified atom stereocenters. The lowest BCUT2D eigenvalue weighted by molar-refractivity contribution is 0.0794. The Bertz CT molecular complexity index is 964. The molecule has 0 aliphatic heterocycles. The van der Waals surface area contributed by atoms with Crippen LogP contribution in [0, 0.1) is 0 Å². The Balaban J connectivity index is 1.71. The molecule has 6 nitrogen and oxygen atoms in total. The van der Waals surface area contributed by atoms with Crippen LogP contribution >= 0.6 is 0 Å². The normalized spacial score (nSPS) is 13.1. The van der Waals surface area contributed by atoms with Gasteiger partial charge in [0.05, 0.1) is 17.5 Å². The Kier molecular flexibility index (Phi) is 7.24. The molecule has 0 saturated heterocycles. The first-order valence-corrected chi connectivity index (χ1v) is 10.3. The number of anilines is 1. The van der Waals surface area contributed by atoms with Crippen LogP contribution in [0.3, 0.4) is 0 Å². The van der Waals surface area contributed by atoms with Crippen LogP contribution in [-0.4, -0.2) is 31.3 Å². The van der Waals surface area contributed by atoms with E-state index in [1.165, 1.54) is 12.1 Å². The van der Waals surface area contributed by atoms with Crippen molar-refractivity contribution >= 4 is 16.4 Å². The van der Waals surface area contributed by atoms with Crippen LogP contribution in [0.15, 0.2) is 83.8 Å². The van der Waals surface area contributed by atoms with Gasteiger partial charge in [0.25, 0.3) is 0 Å². The smallest absolute Gasteiger partial charge is 0.168 e. The van der Waals surface area contributed by atoms with Gasteiger partial charge in [0, 0.05) is 5.69 Å². The summed E-state index contributed by atoms with van der Waals surface area (Å²) in [6, 6.07) is 22.7. The monoisotopic (exact) mass is 413 g/mol. The van der Waals surface area contributed by atoms with Crippen molar-refractivity contribution in [1.29, 1.82) is 0 Å². The highest BCUT2D eigenvalue weighted by Gasteiger charge is 2.20. The molecular weight excluding hydrogens is 390 g/mol. The predicted molar refractivity (Wildman–Crippen MR) is 112 cm³/mol. The minimum Gasteiger partial charge on any atom is -0.489 e. The maximum Gasteiger partial charge on any atom is 0.168 e. The molecule has 3 aromatic carbocycles. The van der Waals surface area contributed by atoms with Gasteiger partial charge in [-0.05, 0) is 47.5 Å². The highest BCUT2D eigenvalue weighted by atomic mass is 32.2. The van der Waals surface area contributed by atoms with Gasteiger partial charge in [-0.1, -0.05) is 42.5 Å². The Morgan fingerprint density at radius 3 is 2.14 bits per heavy atom. The topological polar surface area (TPSA) is 95.9 Å². The summed E-state index contributed by atoms with van der Waals surface area (Å²) in [6.07, 6.45) is -1.04. The molecule has 0 heterocycles. The van der Waals surface area contributed by atoms with Crippen molar-refractivity contribution in [3.63, 3.8) is 0 Å². The number of hydrogen-bond donors (Lipinski definition) is 4. The summed E-state index contributed by atoms with van der Waals surface area (Å²) in [5.41, 5.74) is 2.46. The van der Waals surface area contributed by atoms with Gasteiger partial charge in [0.15, 0.2) is 10.7 Å². The Morgan fingerprint density at radius 1 is 0.897 bits per heavy atom. The van der Waals surface area contributed by atoms with Crippen molar-refractivity contribution in [2.45, 2.75) is 23.6 Å². The first-order chi connectivity index (χ1) is 14.1. The molecule has 0 aliphatic rings. The average molecular weight is 413 g/mol. The Morgan fingerprint density at radius 2 is 1.55 bits per heavy atom. The van der Waals surface area contributed by atoms with Gasteiger partial charge in [-0.2, -0.15) is 0 Å². The highest BCUT2D eigenvalue weighted by molar-refractivity contribution is 7.72. The molecule has 0 spiro atoms. The average Bonchev–Trinajstić information content (AvgIpc) is 2.77. The molecule has 0 saturated carbocycles. The number of thiol groups is 1. The van der Waals surface area contributed by atoms with Crippen molar-refractivity contribution < 1.29 is 23.4 Å². The number of benzene rings is 3. The second-order valence-electron chi connectivity index (χ2n) is 6.52. The van der Waals surface area contributed by atoms with Gasteiger partial charge in [-0.25, -0.2) is 8.42 Å². The SMILES string of the molecule is O=[SH](=O)c1ccc(NC(c2ccc(OCc3ccccc3)cc2)[C@H](O)CO)cc1. The molecule has 152 valence electrons. The number of ether oxygens (including phenoxy) is 1. The van der Waals surface area contributed by atoms with E-state index >= 15 is 0 Å². The minimum absolute atomic E-state index is 0.213. The van der Waals surface area contributed by atoms with Crippen molar-refractivity contribution in [3.05, 3.63) is 90.0 Å². The minimum atomic E-state index is -2.64. The lowest BCUT2D eigenvalue weighted by Gasteiger charge is -2.24. The lowest BCUT2D eigenvalue weighted by atomic mass is 10.0. The third kappa shape index (κ3) is 5.80. The molecule has 0 aliphatic carbocycles. The Labute approximate surface area is 171 Å². The van der Waals surface area contributed by atoms with Gasteiger partial charge in [-0.15, -0.1) is 0 Å². The molecular formula is C22H23NO5S. The molecule has 3 rings (SSSR count). The number of rotatable bonds is 9. The molecule has 7 heteroatoms. The van der Waals surface area contributed by atoms with Gasteiger partial charge in [0.2, 0.25) is 0 Å². The van der Waals surface area contributed by atoms with Crippen LogP contribution in [-0.2, 0) is 17.3 Å². The molecule has 3 aromatic rings. The quantitative estimate of drug-likeness (QED) is 0.403. The molecule has 3 N–H and O–H groups in total. The first-order valence-electron chi connectivity index (χ1n) is 9.13. The van der Waals surface area contributed by atoms with Crippen LogP contribution in [0.25, 0.3) is 0 Å². The number of hydrogen-bond acceptors (Lipinski definition) is 6. The van der Waals surface area contributed by atoms with E-state index in [0.717, 1.165) is 11.1 Å². The van der Waals surface area contributed by atoms with E-state index in [9.17, 15) is 18.6 Å². The van der Waals surface area contributed by atoms with Gasteiger partial charge < -0.3 is 20.3 Å². The molecule has 29 heavy (non-hydrogen) atoms. The van der Waals surface area contributed by atoms with Crippen LogP contribution in [0.2, 0.25) is 0 Å². The maximum atomic E-state index is 11.0. The fourth-order valence-electron chi connectivity index (χ4n) is 2.88. The van der Waals surface area contributed by atoms with E-state index in [-0.39, 0.29) is 4.90 Å². The second-order valence-corrected chi connectivity index (χ2v) is 7.55. The molecule has 2 atom stereocenters. The fourth-order valence-corrected chi connectivity index (χ4v) is 3.27. The summed E-state index contributed by atoms with van der Waals surface area (Å²) >= 11 is 0. The van der Waals surface area contributed by atoms with Crippen molar-refractivity contribution in [1.82, 2.24) is 0 Å². The summed E-state index contributed by atoms with van der Waals surface area (Å²) in [5.74, 6) is 0.693. The maximum absolute atomic E-state index is 11.0. The molecule has 0 amide bonds. The summed E-state index contributed by atoms with van der Waals surface area (Å²) in [6.45, 7) is 0.0316. The van der Waals surface area contributed by atoms with Crippen LogP contribution in [0.5, 0.6) is 5.75 Å². The van der Waals surface area contributed by atoms with Crippen molar-refractivity contribution in [3.8, 4) is 5.75 Å². The third-order valence-corrected chi connectivity index (χ3v) is 5.18. The lowest BCUT2D eigenvalue weighted by Crippen LogP contribution is -2.28. The second kappa shape index (κ2) is 10.1. The Hall–Kier alpha value is -2.87. The van der Waals surface area contributed by atoms with E-state index in [1.807, 2.05) is 54.6 Å². The molecule has 0 fully saturated rings. The molecule has 0 aromatic heterocycles. The zero-order chi connectivity index (χ0) is 20.6. The zero-order valence-corrected chi connectivity index (χ0v) is 16.5. The first kappa shape index (κ1) is 20.9. The van der Waals surface area contributed by atoms with Gasteiger partial charge in [0.1, 0.15) is 18.5 Å². The van der Waals surface area contributed by atoms with E-state index in [4.69, 9.17) is 4.74 Å². The van der Waals surface area contributed by atoms with E-state index in [0.29, 0.717) is 18.0 Å².